The van der Waals surface area contributed by atoms with Gasteiger partial charge >= 0.3 is 18.0 Å². The van der Waals surface area contributed by atoms with Gasteiger partial charge in [0.1, 0.15) is 0 Å². The smallest absolute Gasteiger partial charge is 0.462 e. The van der Waals surface area contributed by atoms with Gasteiger partial charge in [-0.15, -0.1) is 13.2 Å². The van der Waals surface area contributed by atoms with Crippen LogP contribution in [0.1, 0.15) is 17.3 Å². The van der Waals surface area contributed by atoms with Gasteiger partial charge in [-0.3, -0.25) is 10.1 Å². The van der Waals surface area contributed by atoms with Crippen LogP contribution in [-0.2, 0) is 4.74 Å². The SMILES string of the molecule is CCOC(=O)c1cnc(OC(F)(F)F)c(I)c1[N+](=O)[O-]. The van der Waals surface area contributed by atoms with Crippen molar-refractivity contribution in [3.05, 3.63) is 25.4 Å². The Morgan fingerprint density at radius 3 is 2.60 bits per heavy atom. The summed E-state index contributed by atoms with van der Waals surface area (Å²) in [6.45, 7) is 1.43. The highest BCUT2D eigenvalue weighted by molar-refractivity contribution is 14.1. The number of rotatable bonds is 4. The molecule has 0 radical (unpaired) electrons. The fourth-order valence-electron chi connectivity index (χ4n) is 1.18. The van der Waals surface area contributed by atoms with E-state index in [0.717, 1.165) is 0 Å². The molecule has 0 aliphatic carbocycles. The number of ether oxygens (including phenoxy) is 2. The van der Waals surface area contributed by atoms with Crippen molar-refractivity contribution < 1.29 is 32.4 Å². The monoisotopic (exact) mass is 406 g/mol. The Hall–Kier alpha value is -1.66. The topological polar surface area (TPSA) is 91.6 Å². The third kappa shape index (κ3) is 3.91. The molecule has 0 saturated heterocycles. The van der Waals surface area contributed by atoms with Crippen LogP contribution in [0.25, 0.3) is 0 Å². The van der Waals surface area contributed by atoms with Crippen molar-refractivity contribution in [2.45, 2.75) is 13.3 Å². The molecular formula is C9H6F3IN2O5. The predicted molar refractivity (Wildman–Crippen MR) is 66.2 cm³/mol. The zero-order valence-electron chi connectivity index (χ0n) is 9.73. The molecule has 20 heavy (non-hydrogen) atoms. The number of halogens is 4. The van der Waals surface area contributed by atoms with Crippen LogP contribution in [0.15, 0.2) is 6.20 Å². The fourth-order valence-corrected chi connectivity index (χ4v) is 1.91. The second kappa shape index (κ2) is 6.19. The summed E-state index contributed by atoms with van der Waals surface area (Å²) in [5, 5.41) is 10.9. The number of carbonyl (C=O) groups is 1. The second-order valence-electron chi connectivity index (χ2n) is 3.16. The van der Waals surface area contributed by atoms with E-state index in [-0.39, 0.29) is 6.61 Å². The number of pyridine rings is 1. The minimum Gasteiger partial charge on any atom is -0.462 e. The first-order chi connectivity index (χ1) is 9.17. The molecule has 0 bridgehead atoms. The van der Waals surface area contributed by atoms with Gasteiger partial charge in [0.05, 0.1) is 17.7 Å². The Morgan fingerprint density at radius 1 is 1.55 bits per heavy atom. The summed E-state index contributed by atoms with van der Waals surface area (Å²) >= 11 is 1.25. The highest BCUT2D eigenvalue weighted by Gasteiger charge is 2.36. The lowest BCUT2D eigenvalue weighted by Gasteiger charge is -2.10. The molecule has 110 valence electrons. The van der Waals surface area contributed by atoms with Gasteiger partial charge in [0, 0.05) is 0 Å². The van der Waals surface area contributed by atoms with E-state index in [1.54, 1.807) is 0 Å². The normalized spacial score (nSPS) is 11.1. The summed E-state index contributed by atoms with van der Waals surface area (Å²) in [6, 6.07) is 0. The maximum absolute atomic E-state index is 12.1. The van der Waals surface area contributed by atoms with Crippen LogP contribution in [0.3, 0.4) is 0 Å². The van der Waals surface area contributed by atoms with E-state index in [4.69, 9.17) is 0 Å². The van der Waals surface area contributed by atoms with Crippen LogP contribution < -0.4 is 4.74 Å². The van der Waals surface area contributed by atoms with E-state index >= 15 is 0 Å². The summed E-state index contributed by atoms with van der Waals surface area (Å²) < 4.78 is 43.9. The van der Waals surface area contributed by atoms with Gasteiger partial charge in [0.25, 0.3) is 0 Å². The molecule has 1 aromatic heterocycles. The highest BCUT2D eigenvalue weighted by Crippen LogP contribution is 2.34. The van der Waals surface area contributed by atoms with Crippen molar-refractivity contribution in [1.29, 1.82) is 0 Å². The zero-order chi connectivity index (χ0) is 15.5. The first-order valence-corrected chi connectivity index (χ1v) is 6.01. The number of nitro groups is 1. The van der Waals surface area contributed by atoms with E-state index in [2.05, 4.69) is 14.5 Å². The number of hydrogen-bond donors (Lipinski definition) is 0. The van der Waals surface area contributed by atoms with Crippen molar-refractivity contribution >= 4 is 34.2 Å². The summed E-state index contributed by atoms with van der Waals surface area (Å²) in [4.78, 5) is 24.6. The average Bonchev–Trinajstić information content (AvgIpc) is 2.29. The molecule has 0 atom stereocenters. The molecule has 1 heterocycles. The molecule has 0 aliphatic rings. The fraction of sp³-hybridized carbons (Fsp3) is 0.333. The Labute approximate surface area is 123 Å². The second-order valence-corrected chi connectivity index (χ2v) is 4.24. The molecule has 0 aromatic carbocycles. The third-order valence-corrected chi connectivity index (χ3v) is 2.82. The van der Waals surface area contributed by atoms with Crippen LogP contribution in [0, 0.1) is 13.7 Å². The zero-order valence-corrected chi connectivity index (χ0v) is 11.9. The number of carbonyl (C=O) groups excluding carboxylic acids is 1. The molecular weight excluding hydrogens is 400 g/mol. The van der Waals surface area contributed by atoms with Gasteiger partial charge in [-0.05, 0) is 29.5 Å². The molecule has 0 spiro atoms. The van der Waals surface area contributed by atoms with Crippen LogP contribution in [0.2, 0.25) is 0 Å². The van der Waals surface area contributed by atoms with Gasteiger partial charge in [0.15, 0.2) is 9.13 Å². The lowest BCUT2D eigenvalue weighted by molar-refractivity contribution is -0.386. The maximum atomic E-state index is 12.1. The average molecular weight is 406 g/mol. The number of esters is 1. The molecule has 11 heteroatoms. The van der Waals surface area contributed by atoms with Gasteiger partial charge in [-0.2, -0.15) is 0 Å². The predicted octanol–water partition coefficient (Wildman–Crippen LogP) is 2.67. The van der Waals surface area contributed by atoms with E-state index in [1.165, 1.54) is 29.5 Å². The van der Waals surface area contributed by atoms with Crippen molar-refractivity contribution in [3.63, 3.8) is 0 Å². The molecule has 1 rings (SSSR count). The van der Waals surface area contributed by atoms with Crippen molar-refractivity contribution in [2.24, 2.45) is 0 Å². The molecule has 1 aromatic rings. The van der Waals surface area contributed by atoms with Crippen LogP contribution in [-0.4, -0.2) is 28.8 Å². The first kappa shape index (κ1) is 16.4. The van der Waals surface area contributed by atoms with E-state index in [0.29, 0.717) is 6.20 Å². The minimum atomic E-state index is -5.05. The van der Waals surface area contributed by atoms with E-state index in [1.807, 2.05) is 0 Å². The van der Waals surface area contributed by atoms with E-state index < -0.39 is 38.0 Å². The molecule has 7 nitrogen and oxygen atoms in total. The Balaban J connectivity index is 3.34. The number of nitrogens with zero attached hydrogens (tertiary/aromatic N) is 2. The van der Waals surface area contributed by atoms with Gasteiger partial charge in [-0.25, -0.2) is 9.78 Å². The van der Waals surface area contributed by atoms with Gasteiger partial charge in [0.2, 0.25) is 5.88 Å². The summed E-state index contributed by atoms with van der Waals surface area (Å²) in [5.41, 5.74) is -1.39. The molecule has 0 fully saturated rings. The number of hydrogen-bond acceptors (Lipinski definition) is 6. The van der Waals surface area contributed by atoms with Crippen LogP contribution >= 0.6 is 22.6 Å². The largest absolute Gasteiger partial charge is 0.574 e. The van der Waals surface area contributed by atoms with Crippen molar-refractivity contribution in [2.75, 3.05) is 6.61 Å². The third-order valence-electron chi connectivity index (χ3n) is 1.85. The quantitative estimate of drug-likeness (QED) is 0.331. The van der Waals surface area contributed by atoms with Crippen LogP contribution in [0.4, 0.5) is 18.9 Å². The number of aromatic nitrogens is 1. The Kier molecular flexibility index (Phi) is 5.08. The molecule has 0 unspecified atom stereocenters. The van der Waals surface area contributed by atoms with Gasteiger partial charge in [-0.1, -0.05) is 0 Å². The minimum absolute atomic E-state index is 0.0482. The Morgan fingerprint density at radius 2 is 2.15 bits per heavy atom. The van der Waals surface area contributed by atoms with Gasteiger partial charge < -0.3 is 9.47 Å². The molecule has 0 saturated carbocycles. The summed E-state index contributed by atoms with van der Waals surface area (Å²) in [5.74, 6) is -2.05. The van der Waals surface area contributed by atoms with Crippen molar-refractivity contribution in [3.8, 4) is 5.88 Å². The molecule has 0 aliphatic heterocycles. The first-order valence-electron chi connectivity index (χ1n) is 4.93. The highest BCUT2D eigenvalue weighted by atomic mass is 127. The lowest BCUT2D eigenvalue weighted by Crippen LogP contribution is -2.20. The number of alkyl halides is 3. The molecule has 0 N–H and O–H groups in total. The molecule has 0 amide bonds. The van der Waals surface area contributed by atoms with E-state index in [9.17, 15) is 28.1 Å². The summed E-state index contributed by atoms with van der Waals surface area (Å²) in [7, 11) is 0. The maximum Gasteiger partial charge on any atom is 0.574 e. The Bertz CT molecular complexity index is 549. The van der Waals surface area contributed by atoms with Crippen molar-refractivity contribution in [1.82, 2.24) is 4.98 Å². The van der Waals surface area contributed by atoms with Crippen LogP contribution in [0.5, 0.6) is 5.88 Å². The lowest BCUT2D eigenvalue weighted by atomic mass is 10.2. The summed E-state index contributed by atoms with van der Waals surface area (Å²) in [6.07, 6.45) is -4.44. The standard InChI is InChI=1S/C9H6F3IN2O5/c1-2-19-8(16)4-3-14-7(20-9(10,11)12)5(13)6(4)15(17)18/h3H,2H2,1H3.